The van der Waals surface area contributed by atoms with Crippen LogP contribution in [0, 0.1) is 0 Å². The average Bonchev–Trinajstić information content (AvgIpc) is 3.91. The second kappa shape index (κ2) is 12.9. The Labute approximate surface area is 332 Å². The number of fused-ring (bicyclic) bond motifs is 11. The van der Waals surface area contributed by atoms with Gasteiger partial charge in [-0.3, -0.25) is 9.56 Å². The number of para-hydroxylation sites is 3. The summed E-state index contributed by atoms with van der Waals surface area (Å²) in [5, 5.41) is 0. The molecule has 2 aliphatic carbocycles. The summed E-state index contributed by atoms with van der Waals surface area (Å²) in [7, 11) is 0. The smallest absolute Gasteiger partial charge is 0.145 e. The molecule has 1 spiro atoms. The molecule has 268 valence electrons. The first-order valence-electron chi connectivity index (χ1n) is 19.5. The lowest BCUT2D eigenvalue weighted by molar-refractivity contribution is 0.794. The Morgan fingerprint density at radius 2 is 1.07 bits per heavy atom. The molecule has 11 rings (SSSR count). The fourth-order valence-electron chi connectivity index (χ4n) is 9.40. The van der Waals surface area contributed by atoms with E-state index in [0.29, 0.717) is 0 Å². The van der Waals surface area contributed by atoms with Crippen LogP contribution in [-0.2, 0) is 5.41 Å². The molecule has 0 saturated carbocycles. The van der Waals surface area contributed by atoms with E-state index in [9.17, 15) is 0 Å². The highest BCUT2D eigenvalue weighted by atomic mass is 15.1. The lowest BCUT2D eigenvalue weighted by atomic mass is 9.70. The molecule has 1 aromatic heterocycles. The Morgan fingerprint density at radius 1 is 0.491 bits per heavy atom. The van der Waals surface area contributed by atoms with Gasteiger partial charge in [0.2, 0.25) is 0 Å². The molecule has 0 N–H and O–H groups in total. The van der Waals surface area contributed by atoms with Crippen molar-refractivity contribution in [1.82, 2.24) is 9.55 Å². The minimum Gasteiger partial charge on any atom is -0.292 e. The maximum absolute atomic E-state index is 5.19. The van der Waals surface area contributed by atoms with E-state index in [1.807, 2.05) is 18.2 Å². The Morgan fingerprint density at radius 3 is 1.82 bits per heavy atom. The van der Waals surface area contributed by atoms with Crippen molar-refractivity contribution < 1.29 is 0 Å². The van der Waals surface area contributed by atoms with Crippen molar-refractivity contribution in [2.75, 3.05) is 0 Å². The van der Waals surface area contributed by atoms with Crippen molar-refractivity contribution in [2.24, 2.45) is 4.99 Å². The number of rotatable bonds is 6. The van der Waals surface area contributed by atoms with E-state index in [2.05, 4.69) is 194 Å². The second-order valence-electron chi connectivity index (χ2n) is 15.0. The molecule has 2 aliphatic rings. The van der Waals surface area contributed by atoms with Crippen molar-refractivity contribution in [1.29, 1.82) is 0 Å². The van der Waals surface area contributed by atoms with Gasteiger partial charge in [0.25, 0.3) is 0 Å². The van der Waals surface area contributed by atoms with Crippen molar-refractivity contribution >= 4 is 22.4 Å². The van der Waals surface area contributed by atoms with E-state index in [-0.39, 0.29) is 0 Å². The third-order valence-corrected chi connectivity index (χ3v) is 11.9. The maximum atomic E-state index is 5.19. The van der Waals surface area contributed by atoms with E-state index in [1.54, 1.807) is 0 Å². The molecule has 0 bridgehead atoms. The first-order valence-corrected chi connectivity index (χ1v) is 19.5. The van der Waals surface area contributed by atoms with Crippen LogP contribution in [-0.4, -0.2) is 15.3 Å². The minimum atomic E-state index is -0.501. The number of hydrogen-bond donors (Lipinski definition) is 0. The highest BCUT2D eigenvalue weighted by Gasteiger charge is 2.51. The first-order chi connectivity index (χ1) is 28.1. The van der Waals surface area contributed by atoms with Crippen LogP contribution in [0.15, 0.2) is 206 Å². The third-order valence-electron chi connectivity index (χ3n) is 11.9. The van der Waals surface area contributed by atoms with Gasteiger partial charge in [0, 0.05) is 17.0 Å². The molecular weight excluding hydrogens is 691 g/mol. The van der Waals surface area contributed by atoms with E-state index in [1.165, 1.54) is 50.1 Å². The summed E-state index contributed by atoms with van der Waals surface area (Å²) >= 11 is 0. The van der Waals surface area contributed by atoms with Crippen LogP contribution < -0.4 is 0 Å². The largest absolute Gasteiger partial charge is 0.292 e. The Balaban J connectivity index is 1.10. The van der Waals surface area contributed by atoms with Gasteiger partial charge in [-0.1, -0.05) is 158 Å². The predicted octanol–water partition coefficient (Wildman–Crippen LogP) is 13.2. The van der Waals surface area contributed by atoms with Crippen molar-refractivity contribution in [3.63, 3.8) is 0 Å². The van der Waals surface area contributed by atoms with Crippen molar-refractivity contribution in [2.45, 2.75) is 12.3 Å². The highest BCUT2D eigenvalue weighted by Crippen LogP contribution is 2.63. The van der Waals surface area contributed by atoms with Crippen molar-refractivity contribution in [3.8, 4) is 50.5 Å². The van der Waals surface area contributed by atoms with Crippen LogP contribution in [0.25, 0.3) is 67.2 Å². The summed E-state index contributed by atoms with van der Waals surface area (Å²) in [5.74, 6) is 0.924. The molecule has 8 aromatic carbocycles. The van der Waals surface area contributed by atoms with Crippen LogP contribution in [0.2, 0.25) is 0 Å². The molecule has 1 heterocycles. The summed E-state index contributed by atoms with van der Waals surface area (Å²) in [6, 6.07) is 69.9. The molecule has 0 fully saturated rings. The molecule has 3 heteroatoms. The molecule has 3 nitrogen and oxygen atoms in total. The van der Waals surface area contributed by atoms with Gasteiger partial charge in [-0.05, 0) is 116 Å². The fraction of sp³-hybridized carbons (Fsp3) is 0.0370. The molecule has 0 atom stereocenters. The molecule has 0 radical (unpaired) electrons. The zero-order valence-corrected chi connectivity index (χ0v) is 31.5. The van der Waals surface area contributed by atoms with Crippen LogP contribution in [0.1, 0.15) is 40.3 Å². The highest BCUT2D eigenvalue weighted by molar-refractivity contribution is 6.04. The first kappa shape index (κ1) is 33.0. The number of benzene rings is 8. The summed E-state index contributed by atoms with van der Waals surface area (Å²) in [4.78, 5) is 10.2. The van der Waals surface area contributed by atoms with Gasteiger partial charge < -0.3 is 0 Å². The Bertz CT molecular complexity index is 3050. The minimum absolute atomic E-state index is 0.501. The second-order valence-corrected chi connectivity index (χ2v) is 15.0. The normalized spacial score (nSPS) is 13.3. The standard InChI is InChI=1S/C54H37N3/c1-35(37-16-5-3-6-17-37)55-36(2)38-28-30-45-46-31-29-40(34-50(46)54(49(45)33-38)47-24-11-9-22-43(47)44-23-10-12-25-48(44)54)39-18-15-19-41(32-39)53-56-51-26-13-14-27-52(51)57(53)42-20-7-4-8-21-42/h3-34H,1H2,2H3/b55-36+. The number of aromatic nitrogens is 2. The lowest BCUT2D eigenvalue weighted by Gasteiger charge is -2.31. The topological polar surface area (TPSA) is 30.2 Å². The van der Waals surface area contributed by atoms with Crippen molar-refractivity contribution in [3.05, 3.63) is 234 Å². The summed E-state index contributed by atoms with van der Waals surface area (Å²) < 4.78 is 2.27. The SMILES string of the molecule is C=C(/N=C(\C)c1ccc2c(c1)C1(c3ccccc3-c3ccccc31)c1cc(-c3cccc(-c4nc5ccccc5n4-c4ccccc4)c3)ccc1-2)c1ccccc1. The number of imidazole rings is 1. The average molecular weight is 728 g/mol. The van der Waals surface area contributed by atoms with E-state index in [4.69, 9.17) is 9.98 Å². The predicted molar refractivity (Wildman–Crippen MR) is 236 cm³/mol. The van der Waals surface area contributed by atoms with Gasteiger partial charge in [-0.25, -0.2) is 4.98 Å². The van der Waals surface area contributed by atoms with E-state index < -0.39 is 5.41 Å². The maximum Gasteiger partial charge on any atom is 0.145 e. The van der Waals surface area contributed by atoms with Crippen LogP contribution >= 0.6 is 0 Å². The zero-order valence-electron chi connectivity index (χ0n) is 31.5. The molecular formula is C54H37N3. The number of hydrogen-bond acceptors (Lipinski definition) is 2. The fourth-order valence-corrected chi connectivity index (χ4v) is 9.40. The van der Waals surface area contributed by atoms with Gasteiger partial charge in [-0.2, -0.15) is 0 Å². The van der Waals surface area contributed by atoms with Gasteiger partial charge in [0.15, 0.2) is 0 Å². The van der Waals surface area contributed by atoms with Gasteiger partial charge in [0.1, 0.15) is 5.82 Å². The Hall–Kier alpha value is -7.36. The molecule has 0 saturated heterocycles. The molecule has 9 aromatic rings. The Kier molecular flexibility index (Phi) is 7.45. The summed E-state index contributed by atoms with van der Waals surface area (Å²) in [6.07, 6.45) is 0. The quantitative estimate of drug-likeness (QED) is 0.157. The monoisotopic (exact) mass is 727 g/mol. The van der Waals surface area contributed by atoms with Gasteiger partial charge in [-0.15, -0.1) is 0 Å². The van der Waals surface area contributed by atoms with Crippen LogP contribution in [0.5, 0.6) is 0 Å². The van der Waals surface area contributed by atoms with Gasteiger partial charge >= 0.3 is 0 Å². The molecule has 57 heavy (non-hydrogen) atoms. The summed E-state index contributed by atoms with van der Waals surface area (Å²) in [5.41, 5.74) is 20.2. The number of nitrogens with zero attached hydrogens (tertiary/aromatic N) is 3. The van der Waals surface area contributed by atoms with Crippen LogP contribution in [0.3, 0.4) is 0 Å². The lowest BCUT2D eigenvalue weighted by Crippen LogP contribution is -2.26. The third kappa shape index (κ3) is 4.99. The van der Waals surface area contributed by atoms with E-state index in [0.717, 1.165) is 56.2 Å². The number of aliphatic imine (C=N–C) groups is 1. The molecule has 0 aliphatic heterocycles. The zero-order chi connectivity index (χ0) is 38.1. The summed E-state index contributed by atoms with van der Waals surface area (Å²) in [6.45, 7) is 6.42. The van der Waals surface area contributed by atoms with Gasteiger partial charge in [0.05, 0.1) is 22.1 Å². The van der Waals surface area contributed by atoms with Crippen LogP contribution in [0.4, 0.5) is 0 Å². The molecule has 0 amide bonds. The molecule has 0 unspecified atom stereocenters. The van der Waals surface area contributed by atoms with E-state index >= 15 is 0 Å².